The molecule has 0 bridgehead atoms. The molecule has 4 nitrogen and oxygen atoms in total. The predicted molar refractivity (Wildman–Crippen MR) is 89.9 cm³/mol. The second-order valence-corrected chi connectivity index (χ2v) is 5.63. The van der Waals surface area contributed by atoms with Crippen LogP contribution in [0, 0.1) is 5.82 Å². The lowest BCUT2D eigenvalue weighted by atomic mass is 10.1. The predicted octanol–water partition coefficient (Wildman–Crippen LogP) is 5.31. The molecule has 0 radical (unpaired) electrons. The van der Waals surface area contributed by atoms with Crippen LogP contribution < -0.4 is 14.9 Å². The van der Waals surface area contributed by atoms with E-state index in [9.17, 15) is 22.4 Å². The number of ether oxygens (including phenoxy) is 2. The Morgan fingerprint density at radius 3 is 2.41 bits per heavy atom. The van der Waals surface area contributed by atoms with E-state index in [2.05, 4.69) is 0 Å². The van der Waals surface area contributed by atoms with E-state index >= 15 is 0 Å². The van der Waals surface area contributed by atoms with Crippen LogP contribution in [0.25, 0.3) is 11.0 Å². The molecule has 0 N–H and O–H groups in total. The Bertz CT molecular complexity index is 1050. The minimum atomic E-state index is -5.02. The number of hydrogen-bond acceptors (Lipinski definition) is 4. The van der Waals surface area contributed by atoms with Crippen LogP contribution in [0.3, 0.4) is 0 Å². The quantitative estimate of drug-likeness (QED) is 0.574. The fourth-order valence-electron chi connectivity index (χ4n) is 2.63. The van der Waals surface area contributed by atoms with Gasteiger partial charge < -0.3 is 13.9 Å². The van der Waals surface area contributed by atoms with Crippen molar-refractivity contribution in [3.05, 3.63) is 63.8 Å². The van der Waals surface area contributed by atoms with Gasteiger partial charge in [-0.2, -0.15) is 13.2 Å². The van der Waals surface area contributed by atoms with Gasteiger partial charge in [0, 0.05) is 6.07 Å². The summed E-state index contributed by atoms with van der Waals surface area (Å²) in [4.78, 5) is 12.7. The molecular weight excluding hydrogens is 368 g/mol. The van der Waals surface area contributed by atoms with Crippen molar-refractivity contribution in [3.8, 4) is 17.2 Å². The van der Waals surface area contributed by atoms with Crippen molar-refractivity contribution >= 4 is 11.0 Å². The fourth-order valence-corrected chi connectivity index (χ4v) is 2.63. The van der Waals surface area contributed by atoms with Gasteiger partial charge in [0.2, 0.25) is 11.2 Å². The van der Waals surface area contributed by atoms with Crippen molar-refractivity contribution in [2.45, 2.75) is 19.5 Å². The maximum atomic E-state index is 13.8. The summed E-state index contributed by atoms with van der Waals surface area (Å²) in [6, 6.07) is 7.44. The highest BCUT2D eigenvalue weighted by Gasteiger charge is 2.40. The molecule has 3 rings (SSSR count). The molecule has 0 aliphatic carbocycles. The SMILES string of the molecule is CCc1cc2c(=O)c(Oc3ccccc3F)c(C(F)(F)F)oc2cc1OC. The zero-order valence-electron chi connectivity index (χ0n) is 14.3. The summed E-state index contributed by atoms with van der Waals surface area (Å²) in [5.74, 6) is -3.89. The maximum absolute atomic E-state index is 13.8. The number of methoxy groups -OCH3 is 1. The van der Waals surface area contributed by atoms with E-state index in [1.165, 1.54) is 31.4 Å². The van der Waals surface area contributed by atoms with Crippen LogP contribution in [-0.2, 0) is 12.6 Å². The van der Waals surface area contributed by atoms with Crippen molar-refractivity contribution in [1.29, 1.82) is 0 Å². The normalized spacial score (nSPS) is 11.6. The first-order chi connectivity index (χ1) is 12.8. The molecule has 142 valence electrons. The molecule has 3 aromatic rings. The summed E-state index contributed by atoms with van der Waals surface area (Å²) in [6.07, 6.45) is -4.55. The Hall–Kier alpha value is -3.03. The van der Waals surface area contributed by atoms with Gasteiger partial charge in [0.25, 0.3) is 5.76 Å². The molecule has 0 spiro atoms. The number of hydrogen-bond donors (Lipinski definition) is 0. The molecule has 8 heteroatoms. The number of benzene rings is 2. The van der Waals surface area contributed by atoms with Crippen LogP contribution in [0.15, 0.2) is 45.6 Å². The molecule has 1 aromatic heterocycles. The van der Waals surface area contributed by atoms with Gasteiger partial charge in [-0.3, -0.25) is 4.79 Å². The minimum Gasteiger partial charge on any atom is -0.496 e. The molecule has 0 saturated heterocycles. The van der Waals surface area contributed by atoms with Crippen LogP contribution in [0.2, 0.25) is 0 Å². The van der Waals surface area contributed by atoms with Crippen molar-refractivity contribution in [1.82, 2.24) is 0 Å². The number of alkyl halides is 3. The summed E-state index contributed by atoms with van der Waals surface area (Å²) in [7, 11) is 1.36. The third kappa shape index (κ3) is 3.47. The monoisotopic (exact) mass is 382 g/mol. The van der Waals surface area contributed by atoms with E-state index in [1.807, 2.05) is 0 Å². The average Bonchev–Trinajstić information content (AvgIpc) is 2.63. The topological polar surface area (TPSA) is 48.7 Å². The van der Waals surface area contributed by atoms with Gasteiger partial charge in [0.15, 0.2) is 11.6 Å². The van der Waals surface area contributed by atoms with Crippen LogP contribution in [0.4, 0.5) is 17.6 Å². The van der Waals surface area contributed by atoms with Crippen LogP contribution in [0.1, 0.15) is 18.2 Å². The van der Waals surface area contributed by atoms with Crippen molar-refractivity contribution in [2.24, 2.45) is 0 Å². The van der Waals surface area contributed by atoms with Crippen molar-refractivity contribution in [3.63, 3.8) is 0 Å². The van der Waals surface area contributed by atoms with Crippen LogP contribution >= 0.6 is 0 Å². The first-order valence-electron chi connectivity index (χ1n) is 7.93. The molecule has 27 heavy (non-hydrogen) atoms. The van der Waals surface area contributed by atoms with E-state index in [1.54, 1.807) is 6.92 Å². The third-order valence-corrected chi connectivity index (χ3v) is 3.94. The van der Waals surface area contributed by atoms with Gasteiger partial charge in [-0.25, -0.2) is 4.39 Å². The van der Waals surface area contributed by atoms with E-state index in [0.717, 1.165) is 12.1 Å². The molecule has 0 aliphatic heterocycles. The van der Waals surface area contributed by atoms with E-state index in [0.29, 0.717) is 17.7 Å². The van der Waals surface area contributed by atoms with Gasteiger partial charge in [0.05, 0.1) is 12.5 Å². The minimum absolute atomic E-state index is 0.119. The first-order valence-corrected chi connectivity index (χ1v) is 7.93. The first kappa shape index (κ1) is 18.8. The van der Waals surface area contributed by atoms with Gasteiger partial charge in [0.1, 0.15) is 11.3 Å². The van der Waals surface area contributed by atoms with Crippen molar-refractivity contribution < 1.29 is 31.5 Å². The molecular formula is C19H14F4O4. The molecule has 2 aromatic carbocycles. The number of aryl methyl sites for hydroxylation is 1. The van der Waals surface area contributed by atoms with Crippen LogP contribution in [0.5, 0.6) is 17.2 Å². The average molecular weight is 382 g/mol. The Labute approximate surface area is 150 Å². The molecule has 0 aliphatic rings. The van der Waals surface area contributed by atoms with Crippen LogP contribution in [-0.4, -0.2) is 7.11 Å². The molecule has 0 fully saturated rings. The summed E-state index contributed by atoms with van der Waals surface area (Å²) in [6.45, 7) is 1.80. The standard InChI is InChI=1S/C19H14F4O4/c1-3-10-8-11-15(9-14(10)25-2)27-18(19(21,22)23)17(16(11)24)26-13-7-5-4-6-12(13)20/h4-9H,3H2,1-2H3. The highest BCUT2D eigenvalue weighted by Crippen LogP contribution is 2.39. The zero-order valence-corrected chi connectivity index (χ0v) is 14.3. The van der Waals surface area contributed by atoms with Gasteiger partial charge in [-0.05, 0) is 30.2 Å². The largest absolute Gasteiger partial charge is 0.496 e. The molecule has 0 atom stereocenters. The third-order valence-electron chi connectivity index (χ3n) is 3.94. The Kier molecular flexibility index (Phi) is 4.82. The van der Waals surface area contributed by atoms with E-state index in [4.69, 9.17) is 13.9 Å². The number of rotatable bonds is 4. The lowest BCUT2D eigenvalue weighted by Crippen LogP contribution is -2.16. The summed E-state index contributed by atoms with van der Waals surface area (Å²) < 4.78 is 69.2. The van der Waals surface area contributed by atoms with Gasteiger partial charge in [-0.15, -0.1) is 0 Å². The second-order valence-electron chi connectivity index (χ2n) is 5.63. The molecule has 0 saturated carbocycles. The van der Waals surface area contributed by atoms with Gasteiger partial charge >= 0.3 is 6.18 Å². The Balaban J connectivity index is 2.32. The van der Waals surface area contributed by atoms with E-state index in [-0.39, 0.29) is 11.0 Å². The Morgan fingerprint density at radius 2 is 1.81 bits per heavy atom. The molecule has 0 unspecified atom stereocenters. The summed E-state index contributed by atoms with van der Waals surface area (Å²) >= 11 is 0. The highest BCUT2D eigenvalue weighted by atomic mass is 19.4. The smallest absolute Gasteiger partial charge is 0.453 e. The number of halogens is 4. The molecule has 0 amide bonds. The second kappa shape index (κ2) is 6.94. The Morgan fingerprint density at radius 1 is 1.11 bits per heavy atom. The maximum Gasteiger partial charge on any atom is 0.453 e. The lowest BCUT2D eigenvalue weighted by Gasteiger charge is -2.15. The van der Waals surface area contributed by atoms with Gasteiger partial charge in [-0.1, -0.05) is 19.1 Å². The molecule has 1 heterocycles. The summed E-state index contributed by atoms with van der Waals surface area (Å²) in [5, 5.41) is -0.119. The lowest BCUT2D eigenvalue weighted by molar-refractivity contribution is -0.154. The fraction of sp³-hybridized carbons (Fsp3) is 0.211. The number of para-hydroxylation sites is 1. The highest BCUT2D eigenvalue weighted by molar-refractivity contribution is 5.81. The summed E-state index contributed by atoms with van der Waals surface area (Å²) in [5.41, 5.74) is -0.750. The van der Waals surface area contributed by atoms with E-state index < -0.39 is 34.7 Å². The number of fused-ring (bicyclic) bond motifs is 1. The zero-order chi connectivity index (χ0) is 19.8. The van der Waals surface area contributed by atoms with Crippen molar-refractivity contribution in [2.75, 3.05) is 7.11 Å².